The van der Waals surface area contributed by atoms with Crippen molar-refractivity contribution < 1.29 is 23.7 Å². The second kappa shape index (κ2) is 8.97. The molecule has 6 heteroatoms. The number of fused-ring (bicyclic) bond motifs is 1. The molecule has 0 saturated carbocycles. The maximum Gasteiger partial charge on any atom is 0.255 e. The highest BCUT2D eigenvalue weighted by Gasteiger charge is 2.32. The minimum atomic E-state index is -0.220. The van der Waals surface area contributed by atoms with E-state index in [0.29, 0.717) is 43.4 Å². The van der Waals surface area contributed by atoms with Crippen LogP contribution in [0.2, 0.25) is 0 Å². The van der Waals surface area contributed by atoms with Gasteiger partial charge in [0, 0.05) is 19.1 Å². The molecule has 1 aliphatic heterocycles. The molecule has 0 saturated heterocycles. The molecular formula is C22H27NO5. The molecule has 1 N–H and O–H groups in total. The third-order valence-electron chi connectivity index (χ3n) is 4.38. The Morgan fingerprint density at radius 2 is 1.79 bits per heavy atom. The number of rotatable bonds is 9. The van der Waals surface area contributed by atoms with Crippen molar-refractivity contribution >= 4 is 5.91 Å². The number of hydrogen-bond donors (Lipinski definition) is 1. The Morgan fingerprint density at radius 3 is 2.61 bits per heavy atom. The first-order valence-electron chi connectivity index (χ1n) is 9.43. The summed E-state index contributed by atoms with van der Waals surface area (Å²) in [6.07, 6.45) is 0.857. The Labute approximate surface area is 165 Å². The van der Waals surface area contributed by atoms with Crippen LogP contribution in [-0.4, -0.2) is 45.0 Å². The predicted octanol–water partition coefficient (Wildman–Crippen LogP) is 3.23. The quantitative estimate of drug-likeness (QED) is 0.672. The van der Waals surface area contributed by atoms with Crippen molar-refractivity contribution in [1.29, 1.82) is 0 Å². The number of ether oxygens (including phenoxy) is 4. The molecule has 28 heavy (non-hydrogen) atoms. The Bertz CT molecular complexity index is 818. The minimum absolute atomic E-state index is 0.202. The van der Waals surface area contributed by atoms with E-state index in [1.807, 2.05) is 18.2 Å². The van der Waals surface area contributed by atoms with Crippen LogP contribution in [0.3, 0.4) is 0 Å². The largest absolute Gasteiger partial charge is 0.490 e. The van der Waals surface area contributed by atoms with Crippen molar-refractivity contribution in [3.8, 4) is 17.2 Å². The van der Waals surface area contributed by atoms with E-state index in [2.05, 4.69) is 25.2 Å². The normalized spacial score (nSPS) is 14.1. The Balaban J connectivity index is 1.52. The number of methoxy groups -OCH3 is 1. The smallest absolute Gasteiger partial charge is 0.255 e. The van der Waals surface area contributed by atoms with Gasteiger partial charge in [0.25, 0.3) is 5.91 Å². The second-order valence-corrected chi connectivity index (χ2v) is 7.22. The van der Waals surface area contributed by atoms with Crippen LogP contribution >= 0.6 is 0 Å². The lowest BCUT2D eigenvalue weighted by atomic mass is 10.0. The second-order valence-electron chi connectivity index (χ2n) is 7.22. The van der Waals surface area contributed by atoms with E-state index in [0.717, 1.165) is 17.7 Å². The van der Waals surface area contributed by atoms with Gasteiger partial charge in [-0.25, -0.2) is 0 Å². The fourth-order valence-corrected chi connectivity index (χ4v) is 3.14. The molecule has 0 unspecified atom stereocenters. The van der Waals surface area contributed by atoms with Gasteiger partial charge >= 0.3 is 0 Å². The van der Waals surface area contributed by atoms with Crippen molar-refractivity contribution in [2.45, 2.75) is 25.9 Å². The standard InChI is InChI=1S/C22H27NO5/c1-22(2)15-16-7-6-10-19(20(16)28-22)26-12-11-23-21(24)17-8-4-5-9-18(17)27-14-13-25-3/h4-10H,11-15H2,1-3H3,(H,23,24). The minimum Gasteiger partial charge on any atom is -0.490 e. The van der Waals surface area contributed by atoms with E-state index in [-0.39, 0.29) is 11.5 Å². The molecule has 0 aromatic heterocycles. The molecular weight excluding hydrogens is 358 g/mol. The van der Waals surface area contributed by atoms with Gasteiger partial charge in [-0.05, 0) is 32.0 Å². The monoisotopic (exact) mass is 385 g/mol. The fraction of sp³-hybridized carbons (Fsp3) is 0.409. The van der Waals surface area contributed by atoms with Gasteiger partial charge in [0.2, 0.25) is 0 Å². The molecule has 6 nitrogen and oxygen atoms in total. The third-order valence-corrected chi connectivity index (χ3v) is 4.38. The SMILES string of the molecule is COCCOc1ccccc1C(=O)NCCOc1cccc2c1OC(C)(C)C2. The number of benzene rings is 2. The molecule has 0 spiro atoms. The topological polar surface area (TPSA) is 66.0 Å². The number of para-hydroxylation sites is 2. The van der Waals surface area contributed by atoms with Gasteiger partial charge in [-0.1, -0.05) is 24.3 Å². The molecule has 0 aliphatic carbocycles. The maximum absolute atomic E-state index is 12.5. The summed E-state index contributed by atoms with van der Waals surface area (Å²) < 4.78 is 22.4. The first-order chi connectivity index (χ1) is 13.5. The summed E-state index contributed by atoms with van der Waals surface area (Å²) in [7, 11) is 1.61. The number of carbonyl (C=O) groups is 1. The van der Waals surface area contributed by atoms with E-state index < -0.39 is 0 Å². The van der Waals surface area contributed by atoms with Crippen molar-refractivity contribution in [2.24, 2.45) is 0 Å². The van der Waals surface area contributed by atoms with E-state index in [1.54, 1.807) is 25.3 Å². The Kier molecular flexibility index (Phi) is 6.41. The molecule has 2 aromatic rings. The van der Waals surface area contributed by atoms with Gasteiger partial charge < -0.3 is 24.3 Å². The lowest BCUT2D eigenvalue weighted by Gasteiger charge is -2.18. The molecule has 0 atom stereocenters. The molecule has 150 valence electrons. The fourth-order valence-electron chi connectivity index (χ4n) is 3.14. The summed E-state index contributed by atoms with van der Waals surface area (Å²) in [5.41, 5.74) is 1.42. The summed E-state index contributed by atoms with van der Waals surface area (Å²) in [4.78, 5) is 12.5. The highest BCUT2D eigenvalue weighted by molar-refractivity contribution is 5.96. The molecule has 2 aromatic carbocycles. The first kappa shape index (κ1) is 20.0. The third kappa shape index (κ3) is 4.95. The Hall–Kier alpha value is -2.73. The number of amides is 1. The number of nitrogens with one attached hydrogen (secondary N) is 1. The van der Waals surface area contributed by atoms with Crippen LogP contribution in [-0.2, 0) is 11.2 Å². The Morgan fingerprint density at radius 1 is 1.04 bits per heavy atom. The van der Waals surface area contributed by atoms with Crippen molar-refractivity contribution in [3.63, 3.8) is 0 Å². The van der Waals surface area contributed by atoms with Crippen LogP contribution in [0, 0.1) is 0 Å². The van der Waals surface area contributed by atoms with Gasteiger partial charge in [-0.15, -0.1) is 0 Å². The summed E-state index contributed by atoms with van der Waals surface area (Å²) in [5.74, 6) is 1.85. The molecule has 1 aliphatic rings. The lowest BCUT2D eigenvalue weighted by molar-refractivity contribution is 0.0938. The van der Waals surface area contributed by atoms with E-state index in [4.69, 9.17) is 18.9 Å². The van der Waals surface area contributed by atoms with Crippen LogP contribution in [0.5, 0.6) is 17.2 Å². The van der Waals surface area contributed by atoms with Gasteiger partial charge in [-0.3, -0.25) is 4.79 Å². The molecule has 0 bridgehead atoms. The predicted molar refractivity (Wildman–Crippen MR) is 106 cm³/mol. The van der Waals surface area contributed by atoms with Gasteiger partial charge in [-0.2, -0.15) is 0 Å². The van der Waals surface area contributed by atoms with E-state index in [9.17, 15) is 4.79 Å². The van der Waals surface area contributed by atoms with Crippen molar-refractivity contribution in [1.82, 2.24) is 5.32 Å². The average molecular weight is 385 g/mol. The van der Waals surface area contributed by atoms with Crippen LogP contribution in [0.1, 0.15) is 29.8 Å². The van der Waals surface area contributed by atoms with Crippen LogP contribution in [0.15, 0.2) is 42.5 Å². The molecule has 0 fully saturated rings. The van der Waals surface area contributed by atoms with Gasteiger partial charge in [0.1, 0.15) is 24.6 Å². The zero-order chi connectivity index (χ0) is 20.0. The lowest BCUT2D eigenvalue weighted by Crippen LogP contribution is -2.28. The van der Waals surface area contributed by atoms with E-state index in [1.165, 1.54) is 0 Å². The van der Waals surface area contributed by atoms with E-state index >= 15 is 0 Å². The summed E-state index contributed by atoms with van der Waals surface area (Å²) in [6.45, 7) is 5.69. The number of hydrogen-bond acceptors (Lipinski definition) is 5. The molecule has 0 radical (unpaired) electrons. The van der Waals surface area contributed by atoms with Gasteiger partial charge in [0.05, 0.1) is 18.7 Å². The highest BCUT2D eigenvalue weighted by atomic mass is 16.5. The summed E-state index contributed by atoms with van der Waals surface area (Å²) in [5, 5.41) is 2.87. The van der Waals surface area contributed by atoms with Crippen LogP contribution in [0.4, 0.5) is 0 Å². The van der Waals surface area contributed by atoms with Crippen LogP contribution in [0.25, 0.3) is 0 Å². The van der Waals surface area contributed by atoms with Crippen molar-refractivity contribution in [3.05, 3.63) is 53.6 Å². The summed E-state index contributed by atoms with van der Waals surface area (Å²) >= 11 is 0. The molecule has 1 amide bonds. The van der Waals surface area contributed by atoms with Crippen LogP contribution < -0.4 is 19.5 Å². The highest BCUT2D eigenvalue weighted by Crippen LogP contribution is 2.41. The maximum atomic E-state index is 12.5. The van der Waals surface area contributed by atoms with Crippen molar-refractivity contribution in [2.75, 3.05) is 33.5 Å². The number of carbonyl (C=O) groups excluding carboxylic acids is 1. The van der Waals surface area contributed by atoms with Gasteiger partial charge in [0.15, 0.2) is 11.5 Å². The molecule has 3 rings (SSSR count). The molecule has 1 heterocycles. The zero-order valence-electron chi connectivity index (χ0n) is 16.6. The zero-order valence-corrected chi connectivity index (χ0v) is 16.6. The average Bonchev–Trinajstić information content (AvgIpc) is 3.00. The summed E-state index contributed by atoms with van der Waals surface area (Å²) in [6, 6.07) is 13.1. The first-order valence-corrected chi connectivity index (χ1v) is 9.43.